The molecular formula is C8H10N4O2. The van der Waals surface area contributed by atoms with Gasteiger partial charge >= 0.3 is 0 Å². The molecule has 0 atom stereocenters. The highest BCUT2D eigenvalue weighted by atomic mass is 16.2. The van der Waals surface area contributed by atoms with Gasteiger partial charge in [0.15, 0.2) is 0 Å². The minimum absolute atomic E-state index is 0.183. The van der Waals surface area contributed by atoms with Crippen molar-refractivity contribution in [3.05, 3.63) is 18.0 Å². The van der Waals surface area contributed by atoms with Crippen molar-refractivity contribution in [1.29, 1.82) is 0 Å². The van der Waals surface area contributed by atoms with Gasteiger partial charge in [-0.15, -0.1) is 0 Å². The molecule has 6 heteroatoms. The van der Waals surface area contributed by atoms with Crippen LogP contribution < -0.4 is 10.6 Å². The van der Waals surface area contributed by atoms with Gasteiger partial charge in [0.2, 0.25) is 11.9 Å². The van der Waals surface area contributed by atoms with Crippen LogP contribution in [-0.2, 0) is 4.79 Å². The first-order chi connectivity index (χ1) is 6.52. The molecule has 0 fully saturated rings. The molecule has 0 saturated heterocycles. The SMILES string of the molecule is CC(=O)N(C)c1ncc(C(N)=O)cn1. The van der Waals surface area contributed by atoms with E-state index in [9.17, 15) is 9.59 Å². The second-order valence-corrected chi connectivity index (χ2v) is 2.71. The maximum atomic E-state index is 10.9. The molecule has 0 aliphatic heterocycles. The molecule has 0 aliphatic rings. The number of rotatable bonds is 2. The van der Waals surface area contributed by atoms with Crippen LogP contribution in [0.15, 0.2) is 12.4 Å². The zero-order valence-electron chi connectivity index (χ0n) is 7.89. The highest BCUT2D eigenvalue weighted by Crippen LogP contribution is 2.04. The summed E-state index contributed by atoms with van der Waals surface area (Å²) in [7, 11) is 1.54. The highest BCUT2D eigenvalue weighted by Gasteiger charge is 2.09. The number of anilines is 1. The summed E-state index contributed by atoms with van der Waals surface area (Å²) in [5, 5.41) is 0. The molecule has 74 valence electrons. The zero-order chi connectivity index (χ0) is 10.7. The van der Waals surface area contributed by atoms with E-state index in [0.29, 0.717) is 0 Å². The predicted molar refractivity (Wildman–Crippen MR) is 49.6 cm³/mol. The fraction of sp³-hybridized carbons (Fsp3) is 0.250. The van der Waals surface area contributed by atoms with Crippen molar-refractivity contribution < 1.29 is 9.59 Å². The van der Waals surface area contributed by atoms with Gasteiger partial charge in [-0.3, -0.25) is 14.5 Å². The molecule has 14 heavy (non-hydrogen) atoms. The van der Waals surface area contributed by atoms with Gasteiger partial charge in [-0.1, -0.05) is 0 Å². The molecule has 0 spiro atoms. The van der Waals surface area contributed by atoms with E-state index in [1.54, 1.807) is 7.05 Å². The standard InChI is InChI=1S/C8H10N4O2/c1-5(13)12(2)8-10-3-6(4-11-8)7(9)14/h3-4H,1-2H3,(H2,9,14). The van der Waals surface area contributed by atoms with Crippen molar-refractivity contribution in [2.75, 3.05) is 11.9 Å². The Labute approximate surface area is 80.8 Å². The van der Waals surface area contributed by atoms with Crippen LogP contribution in [-0.4, -0.2) is 28.8 Å². The molecule has 1 rings (SSSR count). The number of hydrogen-bond acceptors (Lipinski definition) is 4. The van der Waals surface area contributed by atoms with Gasteiger partial charge in [0.05, 0.1) is 5.56 Å². The molecule has 1 aromatic heterocycles. The second kappa shape index (κ2) is 3.82. The summed E-state index contributed by atoms with van der Waals surface area (Å²) in [6, 6.07) is 0. The third-order valence-corrected chi connectivity index (χ3v) is 1.70. The number of nitrogens with zero attached hydrogens (tertiary/aromatic N) is 3. The van der Waals surface area contributed by atoms with Gasteiger partial charge in [-0.05, 0) is 0 Å². The third kappa shape index (κ3) is 2.03. The Balaban J connectivity index is 2.94. The van der Waals surface area contributed by atoms with E-state index in [-0.39, 0.29) is 17.4 Å². The minimum atomic E-state index is -0.595. The Bertz CT molecular complexity index is 360. The Morgan fingerprint density at radius 3 is 2.21 bits per heavy atom. The number of carbonyl (C=O) groups excluding carboxylic acids is 2. The molecule has 0 unspecified atom stereocenters. The van der Waals surface area contributed by atoms with Gasteiger partial charge in [-0.2, -0.15) is 0 Å². The molecule has 0 aliphatic carbocycles. The molecule has 1 heterocycles. The number of aromatic nitrogens is 2. The van der Waals surface area contributed by atoms with Crippen LogP contribution in [0.2, 0.25) is 0 Å². The summed E-state index contributed by atoms with van der Waals surface area (Å²) in [5.74, 6) is -0.540. The van der Waals surface area contributed by atoms with Crippen LogP contribution in [0.25, 0.3) is 0 Å². The van der Waals surface area contributed by atoms with Gasteiger partial charge in [0, 0.05) is 26.4 Å². The maximum Gasteiger partial charge on any atom is 0.251 e. The number of carbonyl (C=O) groups is 2. The highest BCUT2D eigenvalue weighted by molar-refractivity contribution is 5.92. The normalized spacial score (nSPS) is 9.57. The van der Waals surface area contributed by atoms with Gasteiger partial charge in [0.25, 0.3) is 5.91 Å². The first kappa shape index (κ1) is 10.1. The summed E-state index contributed by atoms with van der Waals surface area (Å²) < 4.78 is 0. The molecule has 0 radical (unpaired) electrons. The van der Waals surface area contributed by atoms with Gasteiger partial charge < -0.3 is 5.73 Å². The molecule has 6 nitrogen and oxygen atoms in total. The summed E-state index contributed by atoms with van der Waals surface area (Å²) in [4.78, 5) is 30.5. The fourth-order valence-electron chi connectivity index (χ4n) is 0.762. The van der Waals surface area contributed by atoms with E-state index in [4.69, 9.17) is 5.73 Å². The molecule has 2 amide bonds. The lowest BCUT2D eigenvalue weighted by Crippen LogP contribution is -2.25. The van der Waals surface area contributed by atoms with E-state index in [2.05, 4.69) is 9.97 Å². The van der Waals surface area contributed by atoms with Crippen LogP contribution in [0, 0.1) is 0 Å². The number of amides is 2. The molecule has 0 saturated carbocycles. The van der Waals surface area contributed by atoms with Crippen molar-refractivity contribution in [3.63, 3.8) is 0 Å². The minimum Gasteiger partial charge on any atom is -0.366 e. The van der Waals surface area contributed by atoms with Crippen molar-refractivity contribution in [2.45, 2.75) is 6.92 Å². The molecule has 1 aromatic rings. The number of primary amides is 1. The van der Waals surface area contributed by atoms with Gasteiger partial charge in [-0.25, -0.2) is 9.97 Å². The number of nitrogens with two attached hydrogens (primary N) is 1. The largest absolute Gasteiger partial charge is 0.366 e. The van der Waals surface area contributed by atoms with Crippen molar-refractivity contribution in [3.8, 4) is 0 Å². The van der Waals surface area contributed by atoms with Crippen LogP contribution in [0.1, 0.15) is 17.3 Å². The third-order valence-electron chi connectivity index (χ3n) is 1.70. The van der Waals surface area contributed by atoms with Crippen molar-refractivity contribution >= 4 is 17.8 Å². The summed E-state index contributed by atoms with van der Waals surface area (Å²) in [6.07, 6.45) is 2.56. The Kier molecular flexibility index (Phi) is 2.76. The zero-order valence-corrected chi connectivity index (χ0v) is 7.89. The lowest BCUT2D eigenvalue weighted by molar-refractivity contribution is -0.116. The molecule has 2 N–H and O–H groups in total. The average Bonchev–Trinajstić information content (AvgIpc) is 2.16. The molecule has 0 bridgehead atoms. The van der Waals surface area contributed by atoms with Gasteiger partial charge in [0.1, 0.15) is 0 Å². The molecule has 0 aromatic carbocycles. The molecular weight excluding hydrogens is 184 g/mol. The maximum absolute atomic E-state index is 10.9. The average molecular weight is 194 g/mol. The lowest BCUT2D eigenvalue weighted by Gasteiger charge is -2.11. The van der Waals surface area contributed by atoms with Crippen LogP contribution >= 0.6 is 0 Å². The van der Waals surface area contributed by atoms with Crippen LogP contribution in [0.3, 0.4) is 0 Å². The second-order valence-electron chi connectivity index (χ2n) is 2.71. The Morgan fingerprint density at radius 1 is 1.36 bits per heavy atom. The topological polar surface area (TPSA) is 89.2 Å². The fourth-order valence-corrected chi connectivity index (χ4v) is 0.762. The van der Waals surface area contributed by atoms with Crippen molar-refractivity contribution in [1.82, 2.24) is 9.97 Å². The summed E-state index contributed by atoms with van der Waals surface area (Å²) in [5.41, 5.74) is 5.21. The van der Waals surface area contributed by atoms with Crippen LogP contribution in [0.4, 0.5) is 5.95 Å². The van der Waals surface area contributed by atoms with E-state index < -0.39 is 5.91 Å². The number of hydrogen-bond donors (Lipinski definition) is 1. The van der Waals surface area contributed by atoms with E-state index in [1.165, 1.54) is 24.2 Å². The van der Waals surface area contributed by atoms with Crippen LogP contribution in [0.5, 0.6) is 0 Å². The first-order valence-corrected chi connectivity index (χ1v) is 3.88. The van der Waals surface area contributed by atoms with E-state index in [1.807, 2.05) is 0 Å². The quantitative estimate of drug-likeness (QED) is 0.691. The van der Waals surface area contributed by atoms with E-state index in [0.717, 1.165) is 0 Å². The van der Waals surface area contributed by atoms with Crippen molar-refractivity contribution in [2.24, 2.45) is 5.73 Å². The smallest absolute Gasteiger partial charge is 0.251 e. The Hall–Kier alpha value is -1.98. The summed E-state index contributed by atoms with van der Waals surface area (Å²) in [6.45, 7) is 1.39. The monoisotopic (exact) mass is 194 g/mol. The predicted octanol–water partition coefficient (Wildman–Crippen LogP) is -0.442. The summed E-state index contributed by atoms with van der Waals surface area (Å²) >= 11 is 0. The Morgan fingerprint density at radius 2 is 1.86 bits per heavy atom. The van der Waals surface area contributed by atoms with E-state index >= 15 is 0 Å². The lowest BCUT2D eigenvalue weighted by atomic mass is 10.3. The first-order valence-electron chi connectivity index (χ1n) is 3.88.